The van der Waals surface area contributed by atoms with Crippen molar-refractivity contribution in [2.24, 2.45) is 5.73 Å². The van der Waals surface area contributed by atoms with E-state index in [1.165, 1.54) is 0 Å². The minimum Gasteiger partial charge on any atom is -0.396 e. The Bertz CT molecular complexity index is 109. The quantitative estimate of drug-likeness (QED) is 0.513. The van der Waals surface area contributed by atoms with E-state index in [1.807, 2.05) is 0 Å². The molecule has 1 aliphatic rings. The van der Waals surface area contributed by atoms with Crippen LogP contribution in [0.1, 0.15) is 6.42 Å². The van der Waals surface area contributed by atoms with Crippen molar-refractivity contribution in [2.45, 2.75) is 12.0 Å². The fourth-order valence-electron chi connectivity index (χ4n) is 0.943. The van der Waals surface area contributed by atoms with Crippen LogP contribution in [0, 0.1) is 0 Å². The zero-order valence-electron chi connectivity index (χ0n) is 6.58. The summed E-state index contributed by atoms with van der Waals surface area (Å²) in [6, 6.07) is 0. The van der Waals surface area contributed by atoms with E-state index in [4.69, 9.17) is 20.3 Å². The zero-order chi connectivity index (χ0) is 8.16. The molecule has 0 aromatic rings. The van der Waals surface area contributed by atoms with E-state index in [1.54, 1.807) is 0 Å². The van der Waals surface area contributed by atoms with Gasteiger partial charge in [0.1, 0.15) is 5.60 Å². The van der Waals surface area contributed by atoms with E-state index >= 15 is 0 Å². The highest BCUT2D eigenvalue weighted by molar-refractivity contribution is 4.88. The lowest BCUT2D eigenvalue weighted by atomic mass is 10.0. The van der Waals surface area contributed by atoms with E-state index in [2.05, 4.69) is 0 Å². The number of hydrogen-bond donors (Lipinski definition) is 2. The lowest BCUT2D eigenvalue weighted by molar-refractivity contribution is -0.204. The van der Waals surface area contributed by atoms with Crippen LogP contribution in [0.15, 0.2) is 0 Å². The second-order valence-electron chi connectivity index (χ2n) is 2.81. The topological polar surface area (TPSA) is 64.7 Å². The van der Waals surface area contributed by atoms with Gasteiger partial charge in [0.2, 0.25) is 0 Å². The zero-order valence-corrected chi connectivity index (χ0v) is 6.58. The number of ether oxygens (including phenoxy) is 2. The normalized spacial score (nSPS) is 21.3. The average Bonchev–Trinajstić information content (AvgIpc) is 1.95. The predicted octanol–water partition coefficient (Wildman–Crippen LogP) is -0.887. The van der Waals surface area contributed by atoms with Crippen molar-refractivity contribution in [3.05, 3.63) is 0 Å². The molecule has 0 unspecified atom stereocenters. The van der Waals surface area contributed by atoms with Crippen LogP contribution in [-0.2, 0) is 9.47 Å². The minimum absolute atomic E-state index is 0.168. The Hall–Kier alpha value is -0.160. The van der Waals surface area contributed by atoms with Crippen LogP contribution in [0.3, 0.4) is 0 Å². The molecule has 1 saturated heterocycles. The lowest BCUT2D eigenvalue weighted by Gasteiger charge is -2.40. The van der Waals surface area contributed by atoms with Gasteiger partial charge in [-0.3, -0.25) is 0 Å². The fourth-order valence-corrected chi connectivity index (χ4v) is 0.943. The SMILES string of the molecule is NCC1(OCCCO)COC1. The Balaban J connectivity index is 2.11. The number of hydrogen-bond acceptors (Lipinski definition) is 4. The van der Waals surface area contributed by atoms with Crippen LogP contribution in [-0.4, -0.2) is 43.7 Å². The van der Waals surface area contributed by atoms with E-state index in [-0.39, 0.29) is 12.2 Å². The Kier molecular flexibility index (Phi) is 3.26. The molecule has 0 spiro atoms. The summed E-state index contributed by atoms with van der Waals surface area (Å²) >= 11 is 0. The molecule has 4 heteroatoms. The summed E-state index contributed by atoms with van der Waals surface area (Å²) in [5.74, 6) is 0. The molecule has 1 aliphatic heterocycles. The maximum absolute atomic E-state index is 8.48. The molecule has 0 bridgehead atoms. The smallest absolute Gasteiger partial charge is 0.127 e. The first-order valence-electron chi connectivity index (χ1n) is 3.86. The summed E-state index contributed by atoms with van der Waals surface area (Å²) in [6.45, 7) is 2.42. The van der Waals surface area contributed by atoms with Gasteiger partial charge in [0.15, 0.2) is 0 Å². The molecule has 0 atom stereocenters. The third-order valence-corrected chi connectivity index (χ3v) is 1.81. The van der Waals surface area contributed by atoms with Crippen molar-refractivity contribution >= 4 is 0 Å². The van der Waals surface area contributed by atoms with E-state index < -0.39 is 0 Å². The third kappa shape index (κ3) is 2.13. The van der Waals surface area contributed by atoms with Gasteiger partial charge in [-0.15, -0.1) is 0 Å². The second-order valence-corrected chi connectivity index (χ2v) is 2.81. The third-order valence-electron chi connectivity index (χ3n) is 1.81. The molecule has 0 radical (unpaired) electrons. The highest BCUT2D eigenvalue weighted by Gasteiger charge is 2.38. The van der Waals surface area contributed by atoms with Crippen LogP contribution in [0.4, 0.5) is 0 Å². The summed E-state index contributed by atoms with van der Waals surface area (Å²) in [5.41, 5.74) is 5.24. The van der Waals surface area contributed by atoms with Gasteiger partial charge in [-0.1, -0.05) is 0 Å². The van der Waals surface area contributed by atoms with Gasteiger partial charge in [0, 0.05) is 19.8 Å². The predicted molar refractivity (Wildman–Crippen MR) is 40.3 cm³/mol. The maximum Gasteiger partial charge on any atom is 0.127 e. The van der Waals surface area contributed by atoms with Crippen molar-refractivity contribution in [1.29, 1.82) is 0 Å². The molecular weight excluding hydrogens is 146 g/mol. The van der Waals surface area contributed by atoms with Crippen molar-refractivity contribution in [3.8, 4) is 0 Å². The second kappa shape index (κ2) is 4.01. The van der Waals surface area contributed by atoms with Crippen molar-refractivity contribution in [2.75, 3.05) is 33.0 Å². The molecular formula is C7H15NO3. The fraction of sp³-hybridized carbons (Fsp3) is 1.00. The Morgan fingerprint density at radius 2 is 2.27 bits per heavy atom. The molecule has 0 aromatic carbocycles. The van der Waals surface area contributed by atoms with E-state index in [9.17, 15) is 0 Å². The van der Waals surface area contributed by atoms with Crippen molar-refractivity contribution < 1.29 is 14.6 Å². The highest BCUT2D eigenvalue weighted by atomic mass is 16.6. The standard InChI is InChI=1S/C7H15NO3/c8-4-7(5-10-6-7)11-3-1-2-9/h9H,1-6,8H2. The van der Waals surface area contributed by atoms with E-state index in [0.717, 1.165) is 0 Å². The summed E-state index contributed by atoms with van der Waals surface area (Å²) < 4.78 is 10.4. The average molecular weight is 161 g/mol. The molecule has 3 N–H and O–H groups in total. The van der Waals surface area contributed by atoms with Gasteiger partial charge in [-0.25, -0.2) is 0 Å². The molecule has 4 nitrogen and oxygen atoms in total. The molecule has 0 amide bonds. The molecule has 11 heavy (non-hydrogen) atoms. The molecule has 0 aliphatic carbocycles. The molecule has 1 heterocycles. The van der Waals surface area contributed by atoms with Crippen LogP contribution in [0.25, 0.3) is 0 Å². The number of rotatable bonds is 5. The van der Waals surface area contributed by atoms with Gasteiger partial charge in [-0.2, -0.15) is 0 Å². The van der Waals surface area contributed by atoms with Gasteiger partial charge in [0.05, 0.1) is 13.2 Å². The van der Waals surface area contributed by atoms with Gasteiger partial charge in [-0.05, 0) is 6.42 Å². The Morgan fingerprint density at radius 1 is 1.55 bits per heavy atom. The van der Waals surface area contributed by atoms with Crippen LogP contribution in [0.2, 0.25) is 0 Å². The number of aliphatic hydroxyl groups excluding tert-OH is 1. The summed E-state index contributed by atoms with van der Waals surface area (Å²) in [4.78, 5) is 0. The molecule has 1 fully saturated rings. The number of aliphatic hydroxyl groups is 1. The van der Waals surface area contributed by atoms with Crippen LogP contribution < -0.4 is 5.73 Å². The molecule has 66 valence electrons. The van der Waals surface area contributed by atoms with Crippen LogP contribution >= 0.6 is 0 Å². The number of nitrogens with two attached hydrogens (primary N) is 1. The maximum atomic E-state index is 8.48. The summed E-state index contributed by atoms with van der Waals surface area (Å²) in [7, 11) is 0. The van der Waals surface area contributed by atoms with Gasteiger partial charge >= 0.3 is 0 Å². The van der Waals surface area contributed by atoms with Gasteiger partial charge in [0.25, 0.3) is 0 Å². The molecule has 1 rings (SSSR count). The molecule has 0 aromatic heterocycles. The summed E-state index contributed by atoms with van der Waals surface area (Å²) in [6.07, 6.45) is 0.668. The Labute approximate surface area is 66.3 Å². The highest BCUT2D eigenvalue weighted by Crippen LogP contribution is 2.20. The van der Waals surface area contributed by atoms with Crippen molar-refractivity contribution in [3.63, 3.8) is 0 Å². The summed E-state index contributed by atoms with van der Waals surface area (Å²) in [5, 5.41) is 8.48. The van der Waals surface area contributed by atoms with Gasteiger partial charge < -0.3 is 20.3 Å². The largest absolute Gasteiger partial charge is 0.396 e. The van der Waals surface area contributed by atoms with E-state index in [0.29, 0.717) is 32.8 Å². The lowest BCUT2D eigenvalue weighted by Crippen LogP contribution is -2.57. The first-order valence-corrected chi connectivity index (χ1v) is 3.86. The van der Waals surface area contributed by atoms with Crippen LogP contribution in [0.5, 0.6) is 0 Å². The van der Waals surface area contributed by atoms with Crippen molar-refractivity contribution in [1.82, 2.24) is 0 Å². The first-order chi connectivity index (χ1) is 5.33. The monoisotopic (exact) mass is 161 g/mol. The Morgan fingerprint density at radius 3 is 2.64 bits per heavy atom. The molecule has 0 saturated carbocycles. The first kappa shape index (κ1) is 8.93. The minimum atomic E-state index is -0.241.